The summed E-state index contributed by atoms with van der Waals surface area (Å²) in [5.74, 6) is 1.96. The van der Waals surface area contributed by atoms with Crippen molar-refractivity contribution >= 4 is 5.82 Å². The molecule has 0 saturated carbocycles. The van der Waals surface area contributed by atoms with E-state index < -0.39 is 0 Å². The summed E-state index contributed by atoms with van der Waals surface area (Å²) in [6.07, 6.45) is 8.53. The van der Waals surface area contributed by atoms with E-state index in [0.717, 1.165) is 31.2 Å². The van der Waals surface area contributed by atoms with Crippen LogP contribution in [-0.2, 0) is 6.54 Å². The predicted molar refractivity (Wildman–Crippen MR) is 85.9 cm³/mol. The van der Waals surface area contributed by atoms with Crippen molar-refractivity contribution in [2.75, 3.05) is 25.0 Å². The van der Waals surface area contributed by atoms with Crippen LogP contribution in [-0.4, -0.2) is 29.5 Å². The molecular weight excluding hydrogens is 246 g/mol. The molecule has 1 aromatic heterocycles. The van der Waals surface area contributed by atoms with Gasteiger partial charge >= 0.3 is 0 Å². The van der Waals surface area contributed by atoms with Gasteiger partial charge in [-0.1, -0.05) is 20.3 Å². The van der Waals surface area contributed by atoms with Crippen molar-refractivity contribution in [3.05, 3.63) is 23.9 Å². The number of pyridine rings is 1. The third-order valence-electron chi connectivity index (χ3n) is 4.30. The Kier molecular flexibility index (Phi) is 6.31. The first-order valence-electron chi connectivity index (χ1n) is 8.23. The Balaban J connectivity index is 1.88. The molecular formula is C17H29N3. The number of aromatic nitrogens is 1. The second-order valence-electron chi connectivity index (χ2n) is 5.96. The maximum Gasteiger partial charge on any atom is 0.126 e. The standard InChI is InChI=1S/C17H29N3/c1-3-9-18-17-13-16(7-10-19-17)14-20-11-5-6-15(4-2)8-12-20/h7,10,13,15H,3-6,8-9,11-12,14H2,1-2H3,(H,18,19). The molecule has 0 radical (unpaired) electrons. The van der Waals surface area contributed by atoms with E-state index in [1.807, 2.05) is 6.20 Å². The SMILES string of the molecule is CCCNc1cc(CN2CCCC(CC)CC2)ccn1. The number of rotatable bonds is 6. The van der Waals surface area contributed by atoms with Gasteiger partial charge in [0.25, 0.3) is 0 Å². The Morgan fingerprint density at radius 2 is 2.20 bits per heavy atom. The van der Waals surface area contributed by atoms with E-state index >= 15 is 0 Å². The molecule has 1 saturated heterocycles. The van der Waals surface area contributed by atoms with Crippen LogP contribution in [0.4, 0.5) is 5.82 Å². The van der Waals surface area contributed by atoms with Gasteiger partial charge in [-0.25, -0.2) is 4.98 Å². The van der Waals surface area contributed by atoms with Gasteiger partial charge in [0.15, 0.2) is 0 Å². The summed E-state index contributed by atoms with van der Waals surface area (Å²) in [5, 5.41) is 3.37. The molecule has 2 heterocycles. The van der Waals surface area contributed by atoms with Crippen molar-refractivity contribution in [3.63, 3.8) is 0 Å². The normalized spacial score (nSPS) is 20.6. The molecule has 1 aliphatic rings. The van der Waals surface area contributed by atoms with Crippen LogP contribution < -0.4 is 5.32 Å². The van der Waals surface area contributed by atoms with Gasteiger partial charge in [-0.2, -0.15) is 0 Å². The number of likely N-dealkylation sites (tertiary alicyclic amines) is 1. The average molecular weight is 275 g/mol. The molecule has 0 amide bonds. The van der Waals surface area contributed by atoms with Crippen molar-refractivity contribution in [2.24, 2.45) is 5.92 Å². The summed E-state index contributed by atoms with van der Waals surface area (Å²) >= 11 is 0. The predicted octanol–water partition coefficient (Wildman–Crippen LogP) is 3.92. The molecule has 3 heteroatoms. The highest BCUT2D eigenvalue weighted by molar-refractivity contribution is 5.37. The zero-order valence-electron chi connectivity index (χ0n) is 13.1. The lowest BCUT2D eigenvalue weighted by atomic mass is 9.98. The highest BCUT2D eigenvalue weighted by Crippen LogP contribution is 2.21. The van der Waals surface area contributed by atoms with Crippen LogP contribution in [0.3, 0.4) is 0 Å². The van der Waals surface area contributed by atoms with Gasteiger partial charge in [0.05, 0.1) is 0 Å². The van der Waals surface area contributed by atoms with Crippen LogP contribution in [0.15, 0.2) is 18.3 Å². The van der Waals surface area contributed by atoms with Crippen LogP contribution in [0.1, 0.15) is 51.5 Å². The van der Waals surface area contributed by atoms with Gasteiger partial charge in [0.1, 0.15) is 5.82 Å². The van der Waals surface area contributed by atoms with Gasteiger partial charge in [-0.15, -0.1) is 0 Å². The minimum absolute atomic E-state index is 0.944. The number of hydrogen-bond acceptors (Lipinski definition) is 3. The molecule has 1 atom stereocenters. The molecule has 112 valence electrons. The Hall–Kier alpha value is -1.09. The van der Waals surface area contributed by atoms with Gasteiger partial charge < -0.3 is 5.32 Å². The first kappa shape index (κ1) is 15.3. The van der Waals surface area contributed by atoms with Crippen molar-refractivity contribution in [1.29, 1.82) is 0 Å². The van der Waals surface area contributed by atoms with Gasteiger partial charge in [-0.05, 0) is 62.4 Å². The maximum absolute atomic E-state index is 4.38. The van der Waals surface area contributed by atoms with E-state index in [9.17, 15) is 0 Å². The number of anilines is 1. The highest BCUT2D eigenvalue weighted by Gasteiger charge is 2.15. The number of nitrogens with zero attached hydrogens (tertiary/aromatic N) is 2. The third-order valence-corrected chi connectivity index (χ3v) is 4.30. The van der Waals surface area contributed by atoms with Crippen LogP contribution in [0.25, 0.3) is 0 Å². The first-order valence-corrected chi connectivity index (χ1v) is 8.23. The monoisotopic (exact) mass is 275 g/mol. The molecule has 2 rings (SSSR count). The van der Waals surface area contributed by atoms with Crippen molar-refractivity contribution in [3.8, 4) is 0 Å². The minimum Gasteiger partial charge on any atom is -0.370 e. The third kappa shape index (κ3) is 4.78. The fourth-order valence-electron chi connectivity index (χ4n) is 2.97. The van der Waals surface area contributed by atoms with Gasteiger partial charge in [-0.3, -0.25) is 4.90 Å². The van der Waals surface area contributed by atoms with E-state index in [4.69, 9.17) is 0 Å². The summed E-state index contributed by atoms with van der Waals surface area (Å²) in [4.78, 5) is 6.99. The van der Waals surface area contributed by atoms with Crippen molar-refractivity contribution in [1.82, 2.24) is 9.88 Å². The summed E-state index contributed by atoms with van der Waals surface area (Å²) in [6.45, 7) is 9.07. The first-order chi connectivity index (χ1) is 9.81. The van der Waals surface area contributed by atoms with Crippen LogP contribution in [0, 0.1) is 5.92 Å². The summed E-state index contributed by atoms with van der Waals surface area (Å²) in [7, 11) is 0. The van der Waals surface area contributed by atoms with Crippen molar-refractivity contribution in [2.45, 2.75) is 52.5 Å². The summed E-state index contributed by atoms with van der Waals surface area (Å²) in [5.41, 5.74) is 1.38. The zero-order chi connectivity index (χ0) is 14.2. The van der Waals surface area contributed by atoms with E-state index in [0.29, 0.717) is 0 Å². The lowest BCUT2D eigenvalue weighted by Crippen LogP contribution is -2.24. The van der Waals surface area contributed by atoms with Crippen molar-refractivity contribution < 1.29 is 0 Å². The molecule has 0 bridgehead atoms. The lowest BCUT2D eigenvalue weighted by molar-refractivity contribution is 0.272. The highest BCUT2D eigenvalue weighted by atomic mass is 15.1. The molecule has 1 aromatic rings. The maximum atomic E-state index is 4.38. The van der Waals surface area contributed by atoms with Crippen LogP contribution in [0.5, 0.6) is 0 Å². The van der Waals surface area contributed by atoms with Gasteiger partial charge in [0, 0.05) is 19.3 Å². The molecule has 0 aromatic carbocycles. The van der Waals surface area contributed by atoms with Gasteiger partial charge in [0.2, 0.25) is 0 Å². The van der Waals surface area contributed by atoms with E-state index in [-0.39, 0.29) is 0 Å². The number of nitrogens with one attached hydrogen (secondary N) is 1. The summed E-state index contributed by atoms with van der Waals surface area (Å²) in [6, 6.07) is 4.36. The van der Waals surface area contributed by atoms with E-state index in [1.165, 1.54) is 44.3 Å². The Labute approximate surface area is 123 Å². The second kappa shape index (κ2) is 8.25. The zero-order valence-corrected chi connectivity index (χ0v) is 13.1. The Bertz CT molecular complexity index is 392. The molecule has 20 heavy (non-hydrogen) atoms. The van der Waals surface area contributed by atoms with Crippen LogP contribution in [0.2, 0.25) is 0 Å². The fraction of sp³-hybridized carbons (Fsp3) is 0.706. The molecule has 1 aliphatic heterocycles. The average Bonchev–Trinajstić information content (AvgIpc) is 2.71. The topological polar surface area (TPSA) is 28.2 Å². The molecule has 1 unspecified atom stereocenters. The molecule has 3 nitrogen and oxygen atoms in total. The minimum atomic E-state index is 0.944. The largest absolute Gasteiger partial charge is 0.370 e. The molecule has 0 aliphatic carbocycles. The number of hydrogen-bond donors (Lipinski definition) is 1. The quantitative estimate of drug-likeness (QED) is 0.853. The second-order valence-corrected chi connectivity index (χ2v) is 5.96. The Morgan fingerprint density at radius 3 is 3.00 bits per heavy atom. The summed E-state index contributed by atoms with van der Waals surface area (Å²) < 4.78 is 0. The van der Waals surface area contributed by atoms with E-state index in [2.05, 4.69) is 41.2 Å². The lowest BCUT2D eigenvalue weighted by Gasteiger charge is -2.20. The molecule has 1 fully saturated rings. The molecule has 0 spiro atoms. The Morgan fingerprint density at radius 1 is 1.30 bits per heavy atom. The van der Waals surface area contributed by atoms with Crippen LogP contribution >= 0.6 is 0 Å². The van der Waals surface area contributed by atoms with E-state index in [1.54, 1.807) is 0 Å². The smallest absolute Gasteiger partial charge is 0.126 e. The molecule has 1 N–H and O–H groups in total. The fourth-order valence-corrected chi connectivity index (χ4v) is 2.97.